The summed E-state index contributed by atoms with van der Waals surface area (Å²) in [7, 11) is 0. The summed E-state index contributed by atoms with van der Waals surface area (Å²) in [5.41, 5.74) is 3.85. The van der Waals surface area contributed by atoms with Gasteiger partial charge in [0.05, 0.1) is 19.3 Å². The summed E-state index contributed by atoms with van der Waals surface area (Å²) in [5, 5.41) is 10.3. The van der Waals surface area contributed by atoms with Gasteiger partial charge < -0.3 is 14.7 Å². The Hall–Kier alpha value is -0.900. The van der Waals surface area contributed by atoms with Crippen molar-refractivity contribution in [2.24, 2.45) is 11.8 Å². The number of piperidine rings is 1. The van der Waals surface area contributed by atoms with Gasteiger partial charge in [0.15, 0.2) is 0 Å². The van der Waals surface area contributed by atoms with Crippen molar-refractivity contribution < 1.29 is 9.84 Å². The molecule has 1 saturated heterocycles. The predicted molar refractivity (Wildman–Crippen MR) is 100 cm³/mol. The highest BCUT2D eigenvalue weighted by atomic mass is 16.5. The van der Waals surface area contributed by atoms with E-state index in [0.717, 1.165) is 31.5 Å². The molecule has 0 saturated carbocycles. The molecule has 1 aliphatic rings. The second-order valence-corrected chi connectivity index (χ2v) is 8.19. The van der Waals surface area contributed by atoms with Crippen LogP contribution in [0.2, 0.25) is 0 Å². The molecule has 0 aromatic heterocycles. The van der Waals surface area contributed by atoms with Crippen molar-refractivity contribution >= 4 is 0 Å². The Morgan fingerprint density at radius 2 is 1.88 bits per heavy atom. The fourth-order valence-corrected chi connectivity index (χ4v) is 4.02. The lowest BCUT2D eigenvalue weighted by Gasteiger charge is -2.35. The molecule has 1 N–H and O–H groups in total. The largest absolute Gasteiger partial charge is 0.389 e. The standard InChI is InChI=1S/C21H35NO2/c1-15(2)21-7-6-16(3)9-19(21)13-24-14-20(23)12-22-10-17(4)8-18(5)11-22/h6-7,9,15,17-18,20,23H,8,10-14H2,1-5H3/t17-,18-,20-/m1/s1. The first-order valence-corrected chi connectivity index (χ1v) is 9.42. The maximum absolute atomic E-state index is 10.3. The number of ether oxygens (including phenoxy) is 1. The summed E-state index contributed by atoms with van der Waals surface area (Å²) in [4.78, 5) is 2.39. The molecule has 1 heterocycles. The van der Waals surface area contributed by atoms with Gasteiger partial charge in [0.2, 0.25) is 0 Å². The van der Waals surface area contributed by atoms with Crippen LogP contribution in [0.3, 0.4) is 0 Å². The highest BCUT2D eigenvalue weighted by Crippen LogP contribution is 2.22. The number of hydrogen-bond acceptors (Lipinski definition) is 3. The van der Waals surface area contributed by atoms with Gasteiger partial charge in [-0.15, -0.1) is 0 Å². The van der Waals surface area contributed by atoms with Gasteiger partial charge in [0.1, 0.15) is 0 Å². The number of aliphatic hydroxyl groups is 1. The van der Waals surface area contributed by atoms with Crippen molar-refractivity contribution in [1.29, 1.82) is 0 Å². The van der Waals surface area contributed by atoms with Crippen LogP contribution in [0.15, 0.2) is 18.2 Å². The average molecular weight is 334 g/mol. The van der Waals surface area contributed by atoms with Crippen molar-refractivity contribution in [3.63, 3.8) is 0 Å². The van der Waals surface area contributed by atoms with E-state index in [2.05, 4.69) is 57.7 Å². The Morgan fingerprint density at radius 3 is 2.50 bits per heavy atom. The number of hydrogen-bond donors (Lipinski definition) is 1. The van der Waals surface area contributed by atoms with Crippen molar-refractivity contribution in [3.8, 4) is 0 Å². The van der Waals surface area contributed by atoms with Crippen LogP contribution in [0.5, 0.6) is 0 Å². The van der Waals surface area contributed by atoms with Crippen molar-refractivity contribution in [2.75, 3.05) is 26.2 Å². The van der Waals surface area contributed by atoms with Gasteiger partial charge in [-0.3, -0.25) is 0 Å². The molecular weight excluding hydrogens is 298 g/mol. The molecule has 0 radical (unpaired) electrons. The van der Waals surface area contributed by atoms with Crippen molar-refractivity contribution in [1.82, 2.24) is 4.90 Å². The zero-order valence-corrected chi connectivity index (χ0v) is 16.1. The summed E-state index contributed by atoms with van der Waals surface area (Å²) in [6.07, 6.45) is 0.892. The van der Waals surface area contributed by atoms with E-state index < -0.39 is 6.10 Å². The normalized spacial score (nSPS) is 23.6. The lowest BCUT2D eigenvalue weighted by atomic mass is 9.92. The minimum absolute atomic E-state index is 0.407. The van der Waals surface area contributed by atoms with Crippen LogP contribution in [0, 0.1) is 18.8 Å². The second-order valence-electron chi connectivity index (χ2n) is 8.19. The van der Waals surface area contributed by atoms with E-state index in [1.165, 1.54) is 23.1 Å². The fourth-order valence-electron chi connectivity index (χ4n) is 4.02. The van der Waals surface area contributed by atoms with Gasteiger partial charge >= 0.3 is 0 Å². The molecule has 0 bridgehead atoms. The molecule has 1 aromatic carbocycles. The minimum Gasteiger partial charge on any atom is -0.389 e. The van der Waals surface area contributed by atoms with Gasteiger partial charge in [0.25, 0.3) is 0 Å². The first kappa shape index (κ1) is 19.4. The number of nitrogens with zero attached hydrogens (tertiary/aromatic N) is 1. The van der Waals surface area contributed by atoms with E-state index in [0.29, 0.717) is 19.1 Å². The van der Waals surface area contributed by atoms with E-state index in [9.17, 15) is 5.11 Å². The van der Waals surface area contributed by atoms with Crippen LogP contribution in [0.1, 0.15) is 56.7 Å². The molecule has 3 nitrogen and oxygen atoms in total. The minimum atomic E-state index is -0.408. The van der Waals surface area contributed by atoms with Gasteiger partial charge in [-0.2, -0.15) is 0 Å². The quantitative estimate of drug-likeness (QED) is 0.819. The summed E-state index contributed by atoms with van der Waals surface area (Å²) < 4.78 is 5.85. The molecule has 0 spiro atoms. The Kier molecular flexibility index (Phi) is 7.27. The van der Waals surface area contributed by atoms with Crippen LogP contribution < -0.4 is 0 Å². The molecule has 24 heavy (non-hydrogen) atoms. The number of aryl methyl sites for hydroxylation is 1. The molecule has 136 valence electrons. The fraction of sp³-hybridized carbons (Fsp3) is 0.714. The Balaban J connectivity index is 1.80. The van der Waals surface area contributed by atoms with E-state index in [-0.39, 0.29) is 0 Å². The van der Waals surface area contributed by atoms with Gasteiger partial charge in [-0.25, -0.2) is 0 Å². The smallest absolute Gasteiger partial charge is 0.0900 e. The van der Waals surface area contributed by atoms with E-state index in [4.69, 9.17) is 4.74 Å². The highest BCUT2D eigenvalue weighted by Gasteiger charge is 2.23. The number of β-amino-alcohol motifs (C(OH)–C–C–N with tert-alkyl or cyclic N) is 1. The molecule has 0 aliphatic carbocycles. The van der Waals surface area contributed by atoms with Crippen LogP contribution in [0.4, 0.5) is 0 Å². The van der Waals surface area contributed by atoms with Crippen LogP contribution >= 0.6 is 0 Å². The maximum Gasteiger partial charge on any atom is 0.0900 e. The second kappa shape index (κ2) is 8.98. The maximum atomic E-state index is 10.3. The number of aliphatic hydroxyl groups excluding tert-OH is 1. The molecule has 0 unspecified atom stereocenters. The number of likely N-dealkylation sites (tertiary alicyclic amines) is 1. The first-order valence-electron chi connectivity index (χ1n) is 9.42. The molecule has 3 heteroatoms. The van der Waals surface area contributed by atoms with Gasteiger partial charge in [-0.05, 0) is 42.2 Å². The number of rotatable bonds is 7. The predicted octanol–water partition coefficient (Wildman–Crippen LogP) is 3.97. The van der Waals surface area contributed by atoms with E-state index >= 15 is 0 Å². The Labute approximate surface area is 148 Å². The third-order valence-electron chi connectivity index (χ3n) is 4.90. The molecule has 2 rings (SSSR count). The zero-order valence-electron chi connectivity index (χ0n) is 16.1. The summed E-state index contributed by atoms with van der Waals surface area (Å²) in [5.74, 6) is 1.94. The Bertz CT molecular complexity index is 505. The summed E-state index contributed by atoms with van der Waals surface area (Å²) >= 11 is 0. The van der Waals surface area contributed by atoms with Crippen molar-refractivity contribution in [2.45, 2.75) is 59.7 Å². The topological polar surface area (TPSA) is 32.7 Å². The molecule has 0 amide bonds. The van der Waals surface area contributed by atoms with Crippen molar-refractivity contribution in [3.05, 3.63) is 34.9 Å². The third-order valence-corrected chi connectivity index (χ3v) is 4.90. The van der Waals surface area contributed by atoms with Gasteiger partial charge in [-0.1, -0.05) is 51.5 Å². The molecule has 3 atom stereocenters. The van der Waals surface area contributed by atoms with Gasteiger partial charge in [0, 0.05) is 19.6 Å². The summed E-state index contributed by atoms with van der Waals surface area (Å²) in [6.45, 7) is 15.0. The van der Waals surface area contributed by atoms with Crippen LogP contribution in [0.25, 0.3) is 0 Å². The monoisotopic (exact) mass is 333 g/mol. The highest BCUT2D eigenvalue weighted by molar-refractivity contribution is 5.33. The SMILES string of the molecule is Cc1ccc(C(C)C)c(COC[C@H](O)CN2C[C@H](C)C[C@@H](C)C2)c1. The average Bonchev–Trinajstić information content (AvgIpc) is 2.45. The summed E-state index contributed by atoms with van der Waals surface area (Å²) in [6, 6.07) is 6.56. The number of benzene rings is 1. The van der Waals surface area contributed by atoms with Crippen LogP contribution in [-0.2, 0) is 11.3 Å². The molecule has 1 fully saturated rings. The molecule has 1 aliphatic heterocycles. The third kappa shape index (κ3) is 5.87. The van der Waals surface area contributed by atoms with E-state index in [1.807, 2.05) is 0 Å². The lowest BCUT2D eigenvalue weighted by Crippen LogP contribution is -2.43. The van der Waals surface area contributed by atoms with E-state index in [1.54, 1.807) is 0 Å². The first-order chi connectivity index (χ1) is 11.3. The molecule has 1 aromatic rings. The molecular formula is C21H35NO2. The van der Waals surface area contributed by atoms with Crippen LogP contribution in [-0.4, -0.2) is 42.4 Å². The zero-order chi connectivity index (χ0) is 17.7. The lowest BCUT2D eigenvalue weighted by molar-refractivity contribution is -0.00109. The Morgan fingerprint density at radius 1 is 1.21 bits per heavy atom.